The summed E-state index contributed by atoms with van der Waals surface area (Å²) in [6.45, 7) is 0. The minimum atomic E-state index is -0.0886. The molecule has 5 nitrogen and oxygen atoms in total. The third-order valence-corrected chi connectivity index (χ3v) is 5.17. The zero-order valence-electron chi connectivity index (χ0n) is 14.7. The number of nitrogens with zero attached hydrogens (tertiary/aromatic N) is 2. The van der Waals surface area contributed by atoms with E-state index in [1.54, 1.807) is 12.4 Å². The molecule has 1 aliphatic rings. The number of nitrogens with one attached hydrogen (secondary N) is 2. The maximum Gasteiger partial charge on any atom is 0.351 e. The van der Waals surface area contributed by atoms with Crippen LogP contribution in [0.15, 0.2) is 73.2 Å². The largest absolute Gasteiger partial charge is 0.351 e. The number of amides is 1. The van der Waals surface area contributed by atoms with Crippen LogP contribution in [0, 0.1) is 0 Å². The number of benzene rings is 1. The number of H-pyrrole nitrogens is 1. The van der Waals surface area contributed by atoms with Crippen LogP contribution < -0.4 is 9.72 Å². The second-order valence-electron chi connectivity index (χ2n) is 6.89. The van der Waals surface area contributed by atoms with E-state index in [0.717, 1.165) is 29.6 Å². The third kappa shape index (κ3) is 2.77. The second kappa shape index (κ2) is 6.36. The Kier molecular flexibility index (Phi) is 3.71. The lowest BCUT2D eigenvalue weighted by atomic mass is 10.1. The van der Waals surface area contributed by atoms with E-state index in [4.69, 9.17) is 0 Å². The number of carbonyl (C=O) groups excluding carboxylic acids is 1. The molecule has 0 saturated heterocycles. The maximum absolute atomic E-state index is 13.0. The van der Waals surface area contributed by atoms with Crippen molar-refractivity contribution < 1.29 is 9.20 Å². The van der Waals surface area contributed by atoms with Crippen molar-refractivity contribution in [1.29, 1.82) is 0 Å². The summed E-state index contributed by atoms with van der Waals surface area (Å²) in [5.74, 6) is 0.447. The first-order valence-corrected chi connectivity index (χ1v) is 9.10. The van der Waals surface area contributed by atoms with Gasteiger partial charge in [-0.05, 0) is 48.2 Å². The number of carbonyl (C=O) groups is 1. The summed E-state index contributed by atoms with van der Waals surface area (Å²) in [5.41, 5.74) is 5.52. The Morgan fingerprint density at radius 3 is 2.44 bits per heavy atom. The summed E-state index contributed by atoms with van der Waals surface area (Å²) in [5, 5.41) is 3.20. The first kappa shape index (κ1) is 15.8. The van der Waals surface area contributed by atoms with Crippen LogP contribution in [0.4, 0.5) is 0 Å². The summed E-state index contributed by atoms with van der Waals surface area (Å²) in [6, 6.07) is 18.3. The summed E-state index contributed by atoms with van der Waals surface area (Å²) < 4.78 is 1.91. The fourth-order valence-electron chi connectivity index (χ4n) is 3.90. The first-order chi connectivity index (χ1) is 13.3. The highest BCUT2D eigenvalue weighted by atomic mass is 16.2. The molecule has 1 aliphatic carbocycles. The van der Waals surface area contributed by atoms with E-state index in [1.165, 1.54) is 11.1 Å². The van der Waals surface area contributed by atoms with E-state index in [0.29, 0.717) is 5.82 Å². The number of pyridine rings is 2. The average Bonchev–Trinajstić information content (AvgIpc) is 3.29. The molecule has 2 N–H and O–H groups in total. The lowest BCUT2D eigenvalue weighted by Crippen LogP contribution is -2.40. The molecule has 132 valence electrons. The van der Waals surface area contributed by atoms with Gasteiger partial charge >= 0.3 is 11.7 Å². The molecule has 0 atom stereocenters. The summed E-state index contributed by atoms with van der Waals surface area (Å²) in [7, 11) is 0. The van der Waals surface area contributed by atoms with Crippen molar-refractivity contribution in [3.63, 3.8) is 0 Å². The Labute approximate surface area is 156 Å². The fraction of sp³-hybridized carbons (Fsp3) is 0.136. The monoisotopic (exact) mass is 355 g/mol. The molecule has 5 heteroatoms. The maximum atomic E-state index is 13.0. The van der Waals surface area contributed by atoms with Gasteiger partial charge in [0.15, 0.2) is 11.2 Å². The molecule has 27 heavy (non-hydrogen) atoms. The molecule has 0 fully saturated rings. The standard InChI is InChI=1S/C22H18N4O/c27-22(24-18-13-16-5-1-2-6-17(16)14-18)21-25-20(15-8-10-23-11-9-15)19-7-3-4-12-26(19)21/h1-12,18H,13-14H2,(H,24,27)/p+1. The van der Waals surface area contributed by atoms with Crippen LogP contribution in [-0.4, -0.2) is 21.9 Å². The number of imidazole rings is 1. The van der Waals surface area contributed by atoms with Gasteiger partial charge in [0.05, 0.1) is 6.20 Å². The van der Waals surface area contributed by atoms with Crippen LogP contribution in [0.3, 0.4) is 0 Å². The average molecular weight is 355 g/mol. The van der Waals surface area contributed by atoms with Crippen LogP contribution in [0.2, 0.25) is 0 Å². The van der Waals surface area contributed by atoms with Crippen molar-refractivity contribution >= 4 is 11.4 Å². The molecule has 4 aromatic rings. The smallest absolute Gasteiger partial charge is 0.342 e. The quantitative estimate of drug-likeness (QED) is 0.555. The lowest BCUT2D eigenvalue weighted by molar-refractivity contribution is -0.513. The van der Waals surface area contributed by atoms with Crippen LogP contribution in [0.5, 0.6) is 0 Å². The lowest BCUT2D eigenvalue weighted by Gasteiger charge is -2.09. The van der Waals surface area contributed by atoms with Gasteiger partial charge in [-0.3, -0.25) is 9.78 Å². The molecule has 0 radical (unpaired) electrons. The number of rotatable bonds is 3. The molecule has 0 bridgehead atoms. The summed E-state index contributed by atoms with van der Waals surface area (Å²) in [6.07, 6.45) is 7.18. The summed E-state index contributed by atoms with van der Waals surface area (Å²) >= 11 is 0. The molecule has 0 aliphatic heterocycles. The summed E-state index contributed by atoms with van der Waals surface area (Å²) in [4.78, 5) is 20.4. The zero-order chi connectivity index (χ0) is 18.2. The number of aromatic nitrogens is 3. The van der Waals surface area contributed by atoms with Gasteiger partial charge in [-0.2, -0.15) is 4.40 Å². The van der Waals surface area contributed by atoms with Crippen LogP contribution in [0.1, 0.15) is 21.7 Å². The molecule has 1 aromatic carbocycles. The SMILES string of the molecule is O=C(NC1Cc2ccccc2C1)c1[nH]c(-c2ccncc2)c2cccc[n+]12. The normalized spacial score (nSPS) is 13.6. The fourth-order valence-corrected chi connectivity index (χ4v) is 3.90. The second-order valence-corrected chi connectivity index (χ2v) is 6.89. The van der Waals surface area contributed by atoms with Crippen LogP contribution in [0.25, 0.3) is 16.8 Å². The minimum absolute atomic E-state index is 0.0886. The van der Waals surface area contributed by atoms with E-state index < -0.39 is 0 Å². The molecule has 3 heterocycles. The van der Waals surface area contributed by atoms with Crippen molar-refractivity contribution in [2.45, 2.75) is 18.9 Å². The van der Waals surface area contributed by atoms with E-state index in [2.05, 4.69) is 39.6 Å². The number of hydrogen-bond acceptors (Lipinski definition) is 2. The molecular weight excluding hydrogens is 336 g/mol. The highest BCUT2D eigenvalue weighted by molar-refractivity contribution is 5.91. The molecule has 1 amide bonds. The van der Waals surface area contributed by atoms with Gasteiger partial charge < -0.3 is 5.32 Å². The predicted octanol–water partition coefficient (Wildman–Crippen LogP) is 2.71. The molecule has 0 unspecified atom stereocenters. The first-order valence-electron chi connectivity index (χ1n) is 9.10. The zero-order valence-corrected chi connectivity index (χ0v) is 14.7. The Bertz CT molecular complexity index is 1110. The highest BCUT2D eigenvalue weighted by Crippen LogP contribution is 2.23. The molecule has 0 saturated carbocycles. The van der Waals surface area contributed by atoms with Crippen molar-refractivity contribution in [2.24, 2.45) is 0 Å². The Morgan fingerprint density at radius 2 is 1.70 bits per heavy atom. The van der Waals surface area contributed by atoms with Gasteiger partial charge in [-0.25, -0.2) is 4.98 Å². The molecule has 0 spiro atoms. The van der Waals surface area contributed by atoms with Gasteiger partial charge in [0.2, 0.25) is 0 Å². The van der Waals surface area contributed by atoms with Crippen molar-refractivity contribution in [3.8, 4) is 11.3 Å². The molecule has 5 rings (SSSR count). The van der Waals surface area contributed by atoms with Crippen molar-refractivity contribution in [1.82, 2.24) is 15.3 Å². The van der Waals surface area contributed by atoms with Crippen LogP contribution >= 0.6 is 0 Å². The van der Waals surface area contributed by atoms with E-state index in [1.807, 2.05) is 40.9 Å². The Morgan fingerprint density at radius 1 is 1.00 bits per heavy atom. The van der Waals surface area contributed by atoms with Crippen molar-refractivity contribution in [3.05, 3.63) is 90.1 Å². The predicted molar refractivity (Wildman–Crippen MR) is 102 cm³/mol. The topological polar surface area (TPSA) is 61.9 Å². The highest BCUT2D eigenvalue weighted by Gasteiger charge is 2.29. The minimum Gasteiger partial charge on any atom is -0.342 e. The van der Waals surface area contributed by atoms with E-state index in [9.17, 15) is 4.79 Å². The van der Waals surface area contributed by atoms with Gasteiger partial charge in [-0.15, -0.1) is 0 Å². The number of hydrogen-bond donors (Lipinski definition) is 2. The number of fused-ring (bicyclic) bond motifs is 2. The molecular formula is C22H19N4O+. The van der Waals surface area contributed by atoms with E-state index in [-0.39, 0.29) is 11.9 Å². The van der Waals surface area contributed by atoms with Gasteiger partial charge in [-0.1, -0.05) is 30.3 Å². The van der Waals surface area contributed by atoms with Gasteiger partial charge in [0, 0.05) is 24.0 Å². The number of aromatic amines is 1. The third-order valence-electron chi connectivity index (χ3n) is 5.17. The van der Waals surface area contributed by atoms with Crippen LogP contribution in [-0.2, 0) is 12.8 Å². The van der Waals surface area contributed by atoms with E-state index >= 15 is 0 Å². The van der Waals surface area contributed by atoms with Gasteiger partial charge in [0.1, 0.15) is 0 Å². The van der Waals surface area contributed by atoms with Gasteiger partial charge in [0.25, 0.3) is 0 Å². The van der Waals surface area contributed by atoms with Crippen molar-refractivity contribution in [2.75, 3.05) is 0 Å². The Balaban J connectivity index is 1.48. The molecule has 3 aromatic heterocycles. The Hall–Kier alpha value is -3.47.